The minimum absolute atomic E-state index is 0.0671. The Labute approximate surface area is 240 Å². The predicted molar refractivity (Wildman–Crippen MR) is 157 cm³/mol. The van der Waals surface area contributed by atoms with Gasteiger partial charge >= 0.3 is 5.97 Å². The van der Waals surface area contributed by atoms with Gasteiger partial charge in [0.2, 0.25) is 0 Å². The van der Waals surface area contributed by atoms with Crippen LogP contribution in [0.4, 0.5) is 11.6 Å². The Morgan fingerprint density at radius 1 is 1.15 bits per heavy atom. The number of nitrogens with one attached hydrogen (secondary N) is 1. The number of piperazine rings is 1. The first-order chi connectivity index (χ1) is 18.9. The quantitative estimate of drug-likeness (QED) is 0.380. The summed E-state index contributed by atoms with van der Waals surface area (Å²) >= 11 is 6.12. The molecule has 1 aliphatic rings. The Morgan fingerprint density at radius 2 is 1.90 bits per heavy atom. The van der Waals surface area contributed by atoms with Gasteiger partial charge in [0, 0.05) is 31.2 Å². The molecule has 9 nitrogen and oxygen atoms in total. The molecule has 0 atom stereocenters. The number of carbonyl (C=O) groups is 2. The van der Waals surface area contributed by atoms with Crippen molar-refractivity contribution < 1.29 is 14.3 Å². The molecule has 1 fully saturated rings. The van der Waals surface area contributed by atoms with Crippen LogP contribution < -0.4 is 10.2 Å². The fourth-order valence-corrected chi connectivity index (χ4v) is 5.34. The summed E-state index contributed by atoms with van der Waals surface area (Å²) < 4.78 is 4.91. The molecule has 1 N–H and O–H groups in total. The molecular formula is C30H37ClN6O3. The molecule has 2 aromatic heterocycles. The summed E-state index contributed by atoms with van der Waals surface area (Å²) in [5, 5.41) is 4.03. The number of carbonyl (C=O) groups excluding carboxylic acids is 2. The zero-order valence-electron chi connectivity index (χ0n) is 24.2. The smallest absolute Gasteiger partial charge is 0.339 e. The van der Waals surface area contributed by atoms with E-state index in [-0.39, 0.29) is 11.8 Å². The van der Waals surface area contributed by atoms with Crippen molar-refractivity contribution in [3.05, 3.63) is 75.3 Å². The molecule has 1 amide bonds. The second-order valence-electron chi connectivity index (χ2n) is 11.1. The zero-order valence-corrected chi connectivity index (χ0v) is 25.0. The first-order valence-corrected chi connectivity index (χ1v) is 13.8. The molecule has 0 spiro atoms. The Bertz CT molecular complexity index is 1400. The number of benzene rings is 1. The molecule has 4 rings (SSSR count). The van der Waals surface area contributed by atoms with Crippen LogP contribution in [0.15, 0.2) is 36.5 Å². The number of aryl methyl sites for hydroxylation is 2. The van der Waals surface area contributed by atoms with Gasteiger partial charge in [-0.05, 0) is 62.9 Å². The Hall–Kier alpha value is -3.72. The average Bonchev–Trinajstić information content (AvgIpc) is 2.90. The molecule has 0 radical (unpaired) electrons. The number of ether oxygens (including phenoxy) is 1. The van der Waals surface area contributed by atoms with Gasteiger partial charge in [0.15, 0.2) is 0 Å². The molecule has 10 heteroatoms. The van der Waals surface area contributed by atoms with Gasteiger partial charge < -0.3 is 19.9 Å². The van der Waals surface area contributed by atoms with Gasteiger partial charge in [0.25, 0.3) is 5.91 Å². The van der Waals surface area contributed by atoms with Gasteiger partial charge in [-0.1, -0.05) is 37.6 Å². The number of methoxy groups -OCH3 is 1. The molecule has 0 aliphatic carbocycles. The van der Waals surface area contributed by atoms with Crippen LogP contribution in [0.1, 0.15) is 77.0 Å². The lowest BCUT2D eigenvalue weighted by Crippen LogP contribution is -2.61. The highest BCUT2D eigenvalue weighted by Crippen LogP contribution is 2.29. The van der Waals surface area contributed by atoms with E-state index in [1.54, 1.807) is 6.20 Å². The van der Waals surface area contributed by atoms with Gasteiger partial charge in [-0.2, -0.15) is 0 Å². The molecule has 0 bridgehead atoms. The summed E-state index contributed by atoms with van der Waals surface area (Å²) in [6, 6.07) is 9.55. The SMILES string of the molecule is COC(=O)c1c(C)cc(N2CCN(C(=O)c3cnc(NCc4cccc(Cl)c4)c(C(C)C)n3)C(C)(C)C2)nc1C. The van der Waals surface area contributed by atoms with Gasteiger partial charge in [0.05, 0.1) is 35.8 Å². The highest BCUT2D eigenvalue weighted by atomic mass is 35.5. The second-order valence-corrected chi connectivity index (χ2v) is 11.5. The first-order valence-electron chi connectivity index (χ1n) is 13.4. The number of nitrogens with zero attached hydrogens (tertiary/aromatic N) is 5. The van der Waals surface area contributed by atoms with Gasteiger partial charge in [-0.15, -0.1) is 0 Å². The highest BCUT2D eigenvalue weighted by molar-refractivity contribution is 6.30. The van der Waals surface area contributed by atoms with E-state index in [0.717, 1.165) is 22.6 Å². The Balaban J connectivity index is 1.51. The number of esters is 1. The van der Waals surface area contributed by atoms with E-state index < -0.39 is 11.5 Å². The van der Waals surface area contributed by atoms with Crippen LogP contribution in [0.3, 0.4) is 0 Å². The van der Waals surface area contributed by atoms with E-state index in [4.69, 9.17) is 26.3 Å². The maximum atomic E-state index is 13.7. The number of halogens is 1. The number of hydrogen-bond donors (Lipinski definition) is 1. The largest absolute Gasteiger partial charge is 0.465 e. The van der Waals surface area contributed by atoms with E-state index in [2.05, 4.69) is 15.2 Å². The van der Waals surface area contributed by atoms with Crippen molar-refractivity contribution in [2.24, 2.45) is 0 Å². The molecule has 1 saturated heterocycles. The van der Waals surface area contributed by atoms with Crippen LogP contribution in [0.2, 0.25) is 5.02 Å². The maximum Gasteiger partial charge on any atom is 0.339 e. The molecule has 3 heterocycles. The van der Waals surface area contributed by atoms with Crippen molar-refractivity contribution in [2.45, 2.75) is 59.5 Å². The third-order valence-electron chi connectivity index (χ3n) is 7.16. The number of pyridine rings is 1. The molecule has 212 valence electrons. The molecule has 3 aromatic rings. The lowest BCUT2D eigenvalue weighted by Gasteiger charge is -2.47. The molecular weight excluding hydrogens is 528 g/mol. The zero-order chi connectivity index (χ0) is 29.2. The van der Waals surface area contributed by atoms with Crippen LogP contribution in [0.5, 0.6) is 0 Å². The van der Waals surface area contributed by atoms with Gasteiger partial charge in [-0.25, -0.2) is 19.7 Å². The molecule has 0 unspecified atom stereocenters. The summed E-state index contributed by atoms with van der Waals surface area (Å²) in [7, 11) is 1.37. The van der Waals surface area contributed by atoms with E-state index in [1.807, 2.05) is 76.8 Å². The third-order valence-corrected chi connectivity index (χ3v) is 7.39. The highest BCUT2D eigenvalue weighted by Gasteiger charge is 2.38. The average molecular weight is 565 g/mol. The van der Waals surface area contributed by atoms with Gasteiger partial charge in [0.1, 0.15) is 17.3 Å². The van der Waals surface area contributed by atoms with Crippen LogP contribution in [0.25, 0.3) is 0 Å². The number of amides is 1. The van der Waals surface area contributed by atoms with Crippen molar-refractivity contribution in [1.82, 2.24) is 19.9 Å². The molecule has 1 aromatic carbocycles. The third kappa shape index (κ3) is 6.20. The Kier molecular flexibility index (Phi) is 8.63. The topological polar surface area (TPSA) is 101 Å². The monoisotopic (exact) mass is 564 g/mol. The standard InChI is InChI=1S/C30H37ClN6O3/c1-18(2)26-27(32-15-21-9-8-10-22(31)14-21)33-16-23(35-26)28(38)37-12-11-36(17-30(37,5)6)24-13-19(3)25(20(4)34-24)29(39)40-7/h8-10,13-14,16,18H,11-12,15,17H2,1-7H3,(H,32,33). The summed E-state index contributed by atoms with van der Waals surface area (Å²) in [6.45, 7) is 14.1. The lowest BCUT2D eigenvalue weighted by atomic mass is 9.97. The number of hydrogen-bond acceptors (Lipinski definition) is 8. The van der Waals surface area contributed by atoms with E-state index in [9.17, 15) is 9.59 Å². The van der Waals surface area contributed by atoms with Crippen LogP contribution >= 0.6 is 11.6 Å². The minimum atomic E-state index is -0.497. The predicted octanol–water partition coefficient (Wildman–Crippen LogP) is 5.40. The number of aromatic nitrogens is 3. The minimum Gasteiger partial charge on any atom is -0.465 e. The normalized spacial score (nSPS) is 14.8. The molecule has 0 saturated carbocycles. The van der Waals surface area contributed by atoms with Crippen molar-refractivity contribution in [3.8, 4) is 0 Å². The van der Waals surface area contributed by atoms with E-state index in [0.29, 0.717) is 54.0 Å². The summed E-state index contributed by atoms with van der Waals surface area (Å²) in [6.07, 6.45) is 1.55. The van der Waals surface area contributed by atoms with Crippen molar-refractivity contribution in [3.63, 3.8) is 0 Å². The van der Waals surface area contributed by atoms with Crippen LogP contribution in [-0.2, 0) is 11.3 Å². The first kappa shape index (κ1) is 29.3. The molecule has 40 heavy (non-hydrogen) atoms. The van der Waals surface area contributed by atoms with E-state index >= 15 is 0 Å². The van der Waals surface area contributed by atoms with Gasteiger partial charge in [-0.3, -0.25) is 4.79 Å². The lowest BCUT2D eigenvalue weighted by molar-refractivity contribution is 0.0505. The maximum absolute atomic E-state index is 13.7. The number of anilines is 2. The molecule has 1 aliphatic heterocycles. The van der Waals surface area contributed by atoms with Crippen LogP contribution in [0, 0.1) is 13.8 Å². The fraction of sp³-hybridized carbons (Fsp3) is 0.433. The van der Waals surface area contributed by atoms with Crippen molar-refractivity contribution in [1.29, 1.82) is 0 Å². The second kappa shape index (κ2) is 11.8. The van der Waals surface area contributed by atoms with E-state index in [1.165, 1.54) is 7.11 Å². The number of rotatable bonds is 7. The summed E-state index contributed by atoms with van der Waals surface area (Å²) in [4.78, 5) is 44.0. The van der Waals surface area contributed by atoms with Crippen molar-refractivity contribution in [2.75, 3.05) is 37.0 Å². The summed E-state index contributed by atoms with van der Waals surface area (Å²) in [5.74, 6) is 0.958. The van der Waals surface area contributed by atoms with Crippen LogP contribution in [-0.4, -0.2) is 64.0 Å². The fourth-order valence-electron chi connectivity index (χ4n) is 5.13. The van der Waals surface area contributed by atoms with Crippen molar-refractivity contribution >= 4 is 35.1 Å². The Morgan fingerprint density at radius 3 is 2.52 bits per heavy atom. The summed E-state index contributed by atoms with van der Waals surface area (Å²) in [5.41, 5.74) is 3.53.